The van der Waals surface area contributed by atoms with Gasteiger partial charge in [0.25, 0.3) is 0 Å². The number of hydrogen-bond acceptors (Lipinski definition) is 2. The molecule has 0 N–H and O–H groups in total. The van der Waals surface area contributed by atoms with E-state index in [0.717, 1.165) is 5.75 Å². The van der Waals surface area contributed by atoms with Crippen LogP contribution in [0.4, 0.5) is 0 Å². The Morgan fingerprint density at radius 1 is 1.50 bits per heavy atom. The van der Waals surface area contributed by atoms with Crippen molar-refractivity contribution in [1.29, 1.82) is 0 Å². The molecule has 0 heterocycles. The summed E-state index contributed by atoms with van der Waals surface area (Å²) >= 11 is 1.84. The maximum absolute atomic E-state index is 5.87. The monoisotopic (exact) mass is 204 g/mol. The summed E-state index contributed by atoms with van der Waals surface area (Å²) in [5.41, 5.74) is 0.205. The second-order valence-electron chi connectivity index (χ2n) is 3.71. The average molecular weight is 204 g/mol. The number of thioether (sulfide) groups is 1. The first-order chi connectivity index (χ1) is 5.49. The van der Waals surface area contributed by atoms with Crippen LogP contribution in [-0.2, 0) is 4.43 Å². The van der Waals surface area contributed by atoms with E-state index < -0.39 is 8.32 Å². The molecule has 0 radical (unpaired) electrons. The molecule has 0 saturated heterocycles. The summed E-state index contributed by atoms with van der Waals surface area (Å²) in [6, 6.07) is 0. The van der Waals surface area contributed by atoms with Crippen molar-refractivity contribution in [2.24, 2.45) is 0 Å². The maximum Gasteiger partial charge on any atom is 0.185 e. The predicted molar refractivity (Wildman–Crippen MR) is 61.2 cm³/mol. The zero-order valence-electron chi connectivity index (χ0n) is 8.59. The summed E-state index contributed by atoms with van der Waals surface area (Å²) in [5, 5.41) is 0. The lowest BCUT2D eigenvalue weighted by Gasteiger charge is -2.23. The van der Waals surface area contributed by atoms with E-state index >= 15 is 0 Å². The summed E-state index contributed by atoms with van der Waals surface area (Å²) in [6.07, 6.45) is 3.10. The van der Waals surface area contributed by atoms with E-state index in [1.807, 2.05) is 17.8 Å². The van der Waals surface area contributed by atoms with Crippen LogP contribution in [0.3, 0.4) is 0 Å². The Morgan fingerprint density at radius 2 is 2.08 bits per heavy atom. The van der Waals surface area contributed by atoms with Crippen LogP contribution in [0.5, 0.6) is 0 Å². The number of hydrogen-bond donors (Lipinski definition) is 0. The lowest BCUT2D eigenvalue weighted by atomic mass is 10.6. The van der Waals surface area contributed by atoms with Gasteiger partial charge in [-0.1, -0.05) is 19.6 Å². The Labute approximate surface area is 81.7 Å². The van der Waals surface area contributed by atoms with Crippen molar-refractivity contribution >= 4 is 20.1 Å². The van der Waals surface area contributed by atoms with E-state index in [-0.39, 0.29) is 5.44 Å². The minimum Gasteiger partial charge on any atom is -0.402 e. The van der Waals surface area contributed by atoms with Crippen LogP contribution in [-0.4, -0.2) is 19.5 Å². The minimum atomic E-state index is -1.38. The Bertz CT molecular complexity index is 131. The molecular weight excluding hydrogens is 184 g/mol. The van der Waals surface area contributed by atoms with E-state index in [1.54, 1.807) is 0 Å². The molecule has 72 valence electrons. The molecule has 0 aliphatic heterocycles. The third-order valence-electron chi connectivity index (χ3n) is 1.15. The molecule has 0 fully saturated rings. The largest absolute Gasteiger partial charge is 0.402 e. The predicted octanol–water partition coefficient (Wildman–Crippen LogP) is 3.49. The molecule has 0 bridgehead atoms. The fourth-order valence-electron chi connectivity index (χ4n) is 0.733. The minimum absolute atomic E-state index is 0.205. The van der Waals surface area contributed by atoms with Crippen LogP contribution in [0.15, 0.2) is 12.7 Å². The van der Waals surface area contributed by atoms with Crippen molar-refractivity contribution in [3.05, 3.63) is 12.7 Å². The Balaban J connectivity index is 3.75. The van der Waals surface area contributed by atoms with Crippen molar-refractivity contribution in [2.45, 2.75) is 38.4 Å². The van der Waals surface area contributed by atoms with Gasteiger partial charge < -0.3 is 4.43 Å². The molecule has 1 atom stereocenters. The van der Waals surface area contributed by atoms with Crippen molar-refractivity contribution < 1.29 is 4.43 Å². The van der Waals surface area contributed by atoms with E-state index in [0.29, 0.717) is 0 Å². The summed E-state index contributed by atoms with van der Waals surface area (Å²) in [7, 11) is -1.38. The standard InChI is InChI=1S/C9H20OSSi/c1-6-8-11-9(7-2)10-12(3,4)5/h7,9H,2,6,8H2,1,3-5H3. The molecule has 0 saturated carbocycles. The van der Waals surface area contributed by atoms with Gasteiger partial charge in [-0.3, -0.25) is 0 Å². The zero-order chi connectivity index (χ0) is 9.61. The van der Waals surface area contributed by atoms with Crippen LogP contribution in [0, 0.1) is 0 Å². The average Bonchev–Trinajstić information content (AvgIpc) is 1.95. The molecule has 0 aliphatic carbocycles. The van der Waals surface area contributed by atoms with Gasteiger partial charge in [-0.05, 0) is 31.8 Å². The van der Waals surface area contributed by atoms with Crippen LogP contribution < -0.4 is 0 Å². The molecule has 1 nitrogen and oxygen atoms in total. The topological polar surface area (TPSA) is 9.23 Å². The fourth-order valence-corrected chi connectivity index (χ4v) is 3.27. The summed E-state index contributed by atoms with van der Waals surface area (Å²) < 4.78 is 5.87. The molecule has 0 aromatic rings. The molecular formula is C9H20OSSi. The zero-order valence-corrected chi connectivity index (χ0v) is 10.4. The van der Waals surface area contributed by atoms with Crippen LogP contribution in [0.25, 0.3) is 0 Å². The van der Waals surface area contributed by atoms with Crippen molar-refractivity contribution in [3.8, 4) is 0 Å². The summed E-state index contributed by atoms with van der Waals surface area (Å²) in [4.78, 5) is 0. The molecule has 0 rings (SSSR count). The summed E-state index contributed by atoms with van der Waals surface area (Å²) in [6.45, 7) is 12.6. The Kier molecular flexibility index (Phi) is 5.96. The first-order valence-electron chi connectivity index (χ1n) is 4.41. The first-order valence-corrected chi connectivity index (χ1v) is 8.87. The maximum atomic E-state index is 5.87. The van der Waals surface area contributed by atoms with Crippen LogP contribution in [0.1, 0.15) is 13.3 Å². The van der Waals surface area contributed by atoms with Gasteiger partial charge in [0.2, 0.25) is 0 Å². The number of rotatable bonds is 6. The summed E-state index contributed by atoms with van der Waals surface area (Å²) in [5.74, 6) is 1.15. The fraction of sp³-hybridized carbons (Fsp3) is 0.778. The van der Waals surface area contributed by atoms with Gasteiger partial charge in [-0.15, -0.1) is 11.8 Å². The van der Waals surface area contributed by atoms with Gasteiger partial charge in [0.15, 0.2) is 8.32 Å². The van der Waals surface area contributed by atoms with Crippen LogP contribution in [0.2, 0.25) is 19.6 Å². The van der Waals surface area contributed by atoms with Gasteiger partial charge in [0.1, 0.15) is 5.44 Å². The lowest BCUT2D eigenvalue weighted by molar-refractivity contribution is 0.326. The molecule has 12 heavy (non-hydrogen) atoms. The normalized spacial score (nSPS) is 14.3. The van der Waals surface area contributed by atoms with Crippen molar-refractivity contribution in [3.63, 3.8) is 0 Å². The third kappa shape index (κ3) is 6.95. The molecule has 0 aromatic heterocycles. The highest BCUT2D eigenvalue weighted by molar-refractivity contribution is 7.99. The molecule has 0 aromatic carbocycles. The third-order valence-corrected chi connectivity index (χ3v) is 3.54. The van der Waals surface area contributed by atoms with E-state index in [4.69, 9.17) is 4.43 Å². The second-order valence-corrected chi connectivity index (χ2v) is 9.37. The lowest BCUT2D eigenvalue weighted by Crippen LogP contribution is -2.29. The van der Waals surface area contributed by atoms with E-state index in [9.17, 15) is 0 Å². The van der Waals surface area contributed by atoms with Crippen molar-refractivity contribution in [2.75, 3.05) is 5.75 Å². The second kappa shape index (κ2) is 5.83. The molecule has 0 aliphatic rings. The van der Waals surface area contributed by atoms with Gasteiger partial charge in [0, 0.05) is 0 Å². The van der Waals surface area contributed by atoms with E-state index in [2.05, 4.69) is 33.1 Å². The Morgan fingerprint density at radius 3 is 2.42 bits per heavy atom. The highest BCUT2D eigenvalue weighted by atomic mass is 32.2. The molecule has 0 amide bonds. The smallest absolute Gasteiger partial charge is 0.185 e. The first kappa shape index (κ1) is 12.3. The molecule has 0 spiro atoms. The van der Waals surface area contributed by atoms with Gasteiger partial charge in [0.05, 0.1) is 0 Å². The van der Waals surface area contributed by atoms with E-state index in [1.165, 1.54) is 6.42 Å². The quantitative estimate of drug-likeness (QED) is 0.372. The van der Waals surface area contributed by atoms with Crippen molar-refractivity contribution in [1.82, 2.24) is 0 Å². The van der Waals surface area contributed by atoms with Gasteiger partial charge in [-0.25, -0.2) is 0 Å². The van der Waals surface area contributed by atoms with Gasteiger partial charge in [-0.2, -0.15) is 0 Å². The molecule has 1 unspecified atom stereocenters. The molecule has 3 heteroatoms. The van der Waals surface area contributed by atoms with Crippen LogP contribution >= 0.6 is 11.8 Å². The SMILES string of the molecule is C=CC(O[Si](C)(C)C)SCCC. The highest BCUT2D eigenvalue weighted by Crippen LogP contribution is 2.19. The van der Waals surface area contributed by atoms with Gasteiger partial charge >= 0.3 is 0 Å². The Hall–Kier alpha value is 0.267. The highest BCUT2D eigenvalue weighted by Gasteiger charge is 2.18.